The molecule has 0 aliphatic rings. The second-order valence-corrected chi connectivity index (χ2v) is 5.19. The largest absolute Gasteiger partial charge is 0.497 e. The van der Waals surface area contributed by atoms with E-state index in [1.165, 1.54) is 29.7 Å². The van der Waals surface area contributed by atoms with E-state index in [4.69, 9.17) is 9.15 Å². The molecule has 22 heavy (non-hydrogen) atoms. The summed E-state index contributed by atoms with van der Waals surface area (Å²) in [5, 5.41) is 15.0. The van der Waals surface area contributed by atoms with Gasteiger partial charge in [-0.1, -0.05) is 11.3 Å². The van der Waals surface area contributed by atoms with Crippen LogP contribution in [0.3, 0.4) is 0 Å². The number of furan rings is 1. The molecule has 1 aromatic carbocycles. The second-order valence-electron chi connectivity index (χ2n) is 4.16. The summed E-state index contributed by atoms with van der Waals surface area (Å²) in [5.41, 5.74) is 3.60. The fourth-order valence-corrected chi connectivity index (χ4v) is 2.58. The summed E-state index contributed by atoms with van der Waals surface area (Å²) in [5.74, 6) is 0.713. The number of thiazole rings is 1. The topological polar surface area (TPSA) is 103 Å². The molecule has 0 aliphatic heterocycles. The Kier molecular flexibility index (Phi) is 3.71. The van der Waals surface area contributed by atoms with Crippen molar-refractivity contribution in [2.45, 2.75) is 0 Å². The number of ether oxygens (including phenoxy) is 1. The van der Waals surface area contributed by atoms with Crippen molar-refractivity contribution in [3.05, 3.63) is 46.2 Å². The number of nitrogens with zero attached hydrogens (tertiary/aromatic N) is 3. The highest BCUT2D eigenvalue weighted by Gasteiger charge is 2.10. The van der Waals surface area contributed by atoms with Crippen molar-refractivity contribution in [2.75, 3.05) is 12.5 Å². The lowest BCUT2D eigenvalue weighted by molar-refractivity contribution is -0.402. The number of hydrogen-bond donors (Lipinski definition) is 1. The van der Waals surface area contributed by atoms with Crippen LogP contribution in [-0.4, -0.2) is 23.2 Å². The third-order valence-corrected chi connectivity index (χ3v) is 3.66. The third-order valence-electron chi connectivity index (χ3n) is 2.74. The summed E-state index contributed by atoms with van der Waals surface area (Å²) in [6.45, 7) is 0. The first-order valence-corrected chi connectivity index (χ1v) is 6.95. The highest BCUT2D eigenvalue weighted by molar-refractivity contribution is 7.22. The van der Waals surface area contributed by atoms with Crippen molar-refractivity contribution in [2.24, 2.45) is 5.10 Å². The molecule has 0 unspecified atom stereocenters. The van der Waals surface area contributed by atoms with Gasteiger partial charge in [0.05, 0.1) is 29.6 Å². The minimum Gasteiger partial charge on any atom is -0.497 e. The number of hydrogen-bond acceptors (Lipinski definition) is 8. The van der Waals surface area contributed by atoms with Crippen LogP contribution in [0.4, 0.5) is 11.0 Å². The molecule has 0 spiro atoms. The van der Waals surface area contributed by atoms with Crippen LogP contribution >= 0.6 is 11.3 Å². The van der Waals surface area contributed by atoms with Crippen LogP contribution in [0.25, 0.3) is 10.2 Å². The average molecular weight is 318 g/mol. The van der Waals surface area contributed by atoms with E-state index in [2.05, 4.69) is 15.5 Å². The molecular weight excluding hydrogens is 308 g/mol. The summed E-state index contributed by atoms with van der Waals surface area (Å²) < 4.78 is 11.1. The van der Waals surface area contributed by atoms with Crippen LogP contribution in [0.15, 0.2) is 39.9 Å². The Bertz CT molecular complexity index is 855. The molecule has 0 aliphatic carbocycles. The number of fused-ring (bicyclic) bond motifs is 1. The summed E-state index contributed by atoms with van der Waals surface area (Å²) in [4.78, 5) is 14.2. The van der Waals surface area contributed by atoms with Crippen molar-refractivity contribution in [3.63, 3.8) is 0 Å². The van der Waals surface area contributed by atoms with Crippen molar-refractivity contribution in [3.8, 4) is 5.75 Å². The predicted octanol–water partition coefficient (Wildman–Crippen LogP) is 3.25. The molecule has 9 heteroatoms. The average Bonchev–Trinajstić information content (AvgIpc) is 3.12. The standard InChI is InChI=1S/C13H10N4O4S/c1-20-8-2-4-10-11(6-8)22-13(15-10)16-14-7-9-3-5-12(21-9)17(18)19/h2-7H,1H3,(H,15,16). The molecular formula is C13H10N4O4S. The predicted molar refractivity (Wildman–Crippen MR) is 82.8 cm³/mol. The molecule has 1 N–H and O–H groups in total. The third kappa shape index (κ3) is 2.88. The van der Waals surface area contributed by atoms with Gasteiger partial charge in [-0.25, -0.2) is 4.98 Å². The number of nitrogens with one attached hydrogen (secondary N) is 1. The van der Waals surface area contributed by atoms with Gasteiger partial charge in [-0.3, -0.25) is 15.5 Å². The number of methoxy groups -OCH3 is 1. The summed E-state index contributed by atoms with van der Waals surface area (Å²) in [6.07, 6.45) is 1.35. The normalized spacial score (nSPS) is 11.1. The van der Waals surface area contributed by atoms with E-state index >= 15 is 0 Å². The van der Waals surface area contributed by atoms with Crippen molar-refractivity contribution >= 4 is 38.8 Å². The van der Waals surface area contributed by atoms with E-state index in [9.17, 15) is 10.1 Å². The maximum atomic E-state index is 10.5. The Hall–Kier alpha value is -2.94. The van der Waals surface area contributed by atoms with Gasteiger partial charge >= 0.3 is 5.88 Å². The van der Waals surface area contributed by atoms with E-state index in [1.54, 1.807) is 7.11 Å². The smallest absolute Gasteiger partial charge is 0.433 e. The molecule has 3 rings (SSSR count). The molecule has 0 saturated heterocycles. The van der Waals surface area contributed by atoms with Gasteiger partial charge in [-0.05, 0) is 24.3 Å². The monoisotopic (exact) mass is 318 g/mol. The number of anilines is 1. The van der Waals surface area contributed by atoms with Gasteiger partial charge in [-0.15, -0.1) is 0 Å². The zero-order valence-electron chi connectivity index (χ0n) is 11.3. The number of aromatic nitrogens is 1. The highest BCUT2D eigenvalue weighted by Crippen LogP contribution is 2.29. The van der Waals surface area contributed by atoms with E-state index < -0.39 is 4.92 Å². The second kappa shape index (κ2) is 5.82. The van der Waals surface area contributed by atoms with Gasteiger partial charge in [0.2, 0.25) is 5.13 Å². The SMILES string of the molecule is COc1ccc2nc(NN=Cc3ccc([N+](=O)[O-])o3)sc2c1. The number of hydrazone groups is 1. The molecule has 8 nitrogen and oxygen atoms in total. The lowest BCUT2D eigenvalue weighted by Gasteiger charge is -1.96. The fraction of sp³-hybridized carbons (Fsp3) is 0.0769. The highest BCUT2D eigenvalue weighted by atomic mass is 32.1. The van der Waals surface area contributed by atoms with E-state index in [-0.39, 0.29) is 11.6 Å². The van der Waals surface area contributed by atoms with Crippen molar-refractivity contribution < 1.29 is 14.1 Å². The number of nitro groups is 1. The molecule has 2 aromatic heterocycles. The van der Waals surface area contributed by atoms with Crippen LogP contribution in [0.1, 0.15) is 5.76 Å². The molecule has 0 atom stereocenters. The Labute approximate surface area is 128 Å². The van der Waals surface area contributed by atoms with Crippen molar-refractivity contribution in [1.82, 2.24) is 4.98 Å². The number of benzene rings is 1. The first kappa shape index (κ1) is 14.0. The quantitative estimate of drug-likeness (QED) is 0.440. The number of rotatable bonds is 5. The minimum atomic E-state index is -0.605. The van der Waals surface area contributed by atoms with Gasteiger partial charge < -0.3 is 9.15 Å². The Morgan fingerprint density at radius 2 is 2.32 bits per heavy atom. The maximum absolute atomic E-state index is 10.5. The van der Waals surface area contributed by atoms with Gasteiger partial charge in [0.25, 0.3) is 0 Å². The first-order valence-electron chi connectivity index (χ1n) is 6.13. The van der Waals surface area contributed by atoms with Crippen molar-refractivity contribution in [1.29, 1.82) is 0 Å². The maximum Gasteiger partial charge on any atom is 0.433 e. The fourth-order valence-electron chi connectivity index (χ4n) is 1.74. The van der Waals surface area contributed by atoms with E-state index in [0.717, 1.165) is 16.0 Å². The molecule has 0 bridgehead atoms. The molecule has 2 heterocycles. The van der Waals surface area contributed by atoms with Gasteiger partial charge in [-0.2, -0.15) is 5.10 Å². The Balaban J connectivity index is 1.72. The lowest BCUT2D eigenvalue weighted by atomic mass is 10.3. The van der Waals surface area contributed by atoms with Gasteiger partial charge in [0.15, 0.2) is 5.76 Å². The summed E-state index contributed by atoms with van der Waals surface area (Å²) in [6, 6.07) is 8.31. The van der Waals surface area contributed by atoms with Crippen LogP contribution < -0.4 is 10.2 Å². The van der Waals surface area contributed by atoms with E-state index in [1.807, 2.05) is 18.2 Å². The Morgan fingerprint density at radius 3 is 3.05 bits per heavy atom. The molecule has 0 radical (unpaired) electrons. The van der Waals surface area contributed by atoms with E-state index in [0.29, 0.717) is 5.13 Å². The summed E-state index contributed by atoms with van der Waals surface area (Å²) >= 11 is 1.42. The molecule has 0 saturated carbocycles. The Morgan fingerprint density at radius 1 is 1.45 bits per heavy atom. The van der Waals surface area contributed by atoms with Gasteiger partial charge in [0.1, 0.15) is 10.7 Å². The first-order chi connectivity index (χ1) is 10.7. The molecule has 0 fully saturated rings. The molecule has 0 amide bonds. The van der Waals surface area contributed by atoms with Crippen LogP contribution in [0, 0.1) is 10.1 Å². The van der Waals surface area contributed by atoms with Crippen LogP contribution in [0.5, 0.6) is 5.75 Å². The van der Waals surface area contributed by atoms with Crippen LogP contribution in [0.2, 0.25) is 0 Å². The zero-order valence-corrected chi connectivity index (χ0v) is 12.2. The summed E-state index contributed by atoms with van der Waals surface area (Å²) in [7, 11) is 1.61. The van der Waals surface area contributed by atoms with Crippen LogP contribution in [-0.2, 0) is 0 Å². The zero-order chi connectivity index (χ0) is 15.5. The lowest BCUT2D eigenvalue weighted by Crippen LogP contribution is -1.88. The van der Waals surface area contributed by atoms with Gasteiger partial charge in [0, 0.05) is 0 Å². The molecule has 112 valence electrons. The molecule has 3 aromatic rings. The minimum absolute atomic E-state index is 0.280.